The van der Waals surface area contributed by atoms with Crippen LogP contribution in [0.15, 0.2) is 22.7 Å². The molecule has 7 heteroatoms. The van der Waals surface area contributed by atoms with Crippen molar-refractivity contribution in [1.29, 1.82) is 0 Å². The summed E-state index contributed by atoms with van der Waals surface area (Å²) in [7, 11) is 0. The summed E-state index contributed by atoms with van der Waals surface area (Å²) in [4.78, 5) is 11.6. The fraction of sp³-hybridized carbons (Fsp3) is 0.364. The van der Waals surface area contributed by atoms with Crippen molar-refractivity contribution in [3.8, 4) is 5.75 Å². The third-order valence-electron chi connectivity index (χ3n) is 1.84. The first-order chi connectivity index (χ1) is 8.19. The second-order valence-electron chi connectivity index (χ2n) is 3.82. The Kier molecular flexibility index (Phi) is 4.61. The Bertz CT molecular complexity index is 446. The molecule has 0 radical (unpaired) electrons. The van der Waals surface area contributed by atoms with Crippen molar-refractivity contribution in [2.24, 2.45) is 0 Å². The van der Waals surface area contributed by atoms with E-state index in [1.807, 2.05) is 0 Å². The monoisotopic (exact) mass is 325 g/mol. The standard InChI is InChI=1S/C11H11BrF3NO2/c1-6(2)16-10(17)7-3-4-8(12)9(5-7)18-11(13,14)15/h3-6H,1-2H3,(H,16,17). The highest BCUT2D eigenvalue weighted by atomic mass is 79.9. The molecule has 0 saturated heterocycles. The number of amides is 1. The summed E-state index contributed by atoms with van der Waals surface area (Å²) in [5.41, 5.74) is 0.103. The van der Waals surface area contributed by atoms with Gasteiger partial charge in [0.15, 0.2) is 0 Å². The second-order valence-corrected chi connectivity index (χ2v) is 4.68. The van der Waals surface area contributed by atoms with Gasteiger partial charge in [-0.1, -0.05) is 0 Å². The van der Waals surface area contributed by atoms with E-state index < -0.39 is 18.0 Å². The van der Waals surface area contributed by atoms with E-state index in [-0.39, 0.29) is 16.1 Å². The van der Waals surface area contributed by atoms with Gasteiger partial charge in [0, 0.05) is 11.6 Å². The van der Waals surface area contributed by atoms with Gasteiger partial charge in [-0.2, -0.15) is 0 Å². The first kappa shape index (κ1) is 14.8. The van der Waals surface area contributed by atoms with Gasteiger partial charge in [-0.3, -0.25) is 4.79 Å². The molecule has 0 aliphatic heterocycles. The summed E-state index contributed by atoms with van der Waals surface area (Å²) in [6.07, 6.45) is -4.80. The molecule has 0 saturated carbocycles. The molecule has 1 aromatic carbocycles. The lowest BCUT2D eigenvalue weighted by molar-refractivity contribution is -0.274. The van der Waals surface area contributed by atoms with Crippen LogP contribution in [0.5, 0.6) is 5.75 Å². The number of nitrogens with one attached hydrogen (secondary N) is 1. The molecular weight excluding hydrogens is 315 g/mol. The molecule has 0 atom stereocenters. The van der Waals surface area contributed by atoms with Gasteiger partial charge in [-0.15, -0.1) is 13.2 Å². The number of hydrogen-bond donors (Lipinski definition) is 1. The summed E-state index contributed by atoms with van der Waals surface area (Å²) in [6, 6.07) is 3.67. The van der Waals surface area contributed by atoms with E-state index in [4.69, 9.17) is 0 Å². The van der Waals surface area contributed by atoms with Crippen LogP contribution in [-0.4, -0.2) is 18.3 Å². The summed E-state index contributed by atoms with van der Waals surface area (Å²) in [5, 5.41) is 2.58. The molecule has 0 heterocycles. The zero-order chi connectivity index (χ0) is 13.9. The smallest absolute Gasteiger partial charge is 0.405 e. The first-order valence-corrected chi connectivity index (χ1v) is 5.84. The highest BCUT2D eigenvalue weighted by Crippen LogP contribution is 2.31. The van der Waals surface area contributed by atoms with Crippen LogP contribution in [0.2, 0.25) is 0 Å². The highest BCUT2D eigenvalue weighted by Gasteiger charge is 2.32. The molecule has 1 N–H and O–H groups in total. The molecule has 18 heavy (non-hydrogen) atoms. The summed E-state index contributed by atoms with van der Waals surface area (Å²) in [5.74, 6) is -0.900. The molecule has 0 spiro atoms. The molecule has 0 aliphatic carbocycles. The predicted octanol–water partition coefficient (Wildman–Crippen LogP) is 3.49. The van der Waals surface area contributed by atoms with Crippen molar-refractivity contribution in [2.75, 3.05) is 0 Å². The van der Waals surface area contributed by atoms with Gasteiger partial charge in [0.05, 0.1) is 4.47 Å². The van der Waals surface area contributed by atoms with Crippen LogP contribution in [0.4, 0.5) is 13.2 Å². The zero-order valence-corrected chi connectivity index (χ0v) is 11.2. The van der Waals surface area contributed by atoms with Crippen LogP contribution < -0.4 is 10.1 Å². The molecule has 1 rings (SSSR count). The Morgan fingerprint density at radius 1 is 1.39 bits per heavy atom. The minimum absolute atomic E-state index is 0.103. The van der Waals surface area contributed by atoms with Crippen LogP contribution in [-0.2, 0) is 0 Å². The van der Waals surface area contributed by atoms with E-state index in [1.54, 1.807) is 13.8 Å². The minimum Gasteiger partial charge on any atom is -0.405 e. The van der Waals surface area contributed by atoms with Crippen molar-refractivity contribution in [3.05, 3.63) is 28.2 Å². The molecule has 0 aromatic heterocycles. The number of ether oxygens (including phenoxy) is 1. The molecule has 0 bridgehead atoms. The predicted molar refractivity (Wildman–Crippen MR) is 63.4 cm³/mol. The second kappa shape index (κ2) is 5.60. The molecular formula is C11H11BrF3NO2. The van der Waals surface area contributed by atoms with E-state index in [2.05, 4.69) is 26.0 Å². The maximum atomic E-state index is 12.1. The minimum atomic E-state index is -4.80. The lowest BCUT2D eigenvalue weighted by Gasteiger charge is -2.13. The van der Waals surface area contributed by atoms with E-state index in [9.17, 15) is 18.0 Å². The average Bonchev–Trinajstić information content (AvgIpc) is 2.18. The number of halogens is 4. The van der Waals surface area contributed by atoms with Crippen LogP contribution >= 0.6 is 15.9 Å². The molecule has 1 aromatic rings. The van der Waals surface area contributed by atoms with Crippen molar-refractivity contribution >= 4 is 21.8 Å². The van der Waals surface area contributed by atoms with Gasteiger partial charge in [0.25, 0.3) is 5.91 Å². The van der Waals surface area contributed by atoms with Gasteiger partial charge in [-0.05, 0) is 48.0 Å². The Labute approximate surface area is 110 Å². The Balaban J connectivity index is 2.97. The average molecular weight is 326 g/mol. The lowest BCUT2D eigenvalue weighted by Crippen LogP contribution is -2.30. The Morgan fingerprint density at radius 2 is 2.00 bits per heavy atom. The van der Waals surface area contributed by atoms with E-state index in [0.717, 1.165) is 6.07 Å². The summed E-state index contributed by atoms with van der Waals surface area (Å²) < 4.78 is 40.3. The molecule has 100 valence electrons. The maximum Gasteiger partial charge on any atom is 0.573 e. The number of hydrogen-bond acceptors (Lipinski definition) is 2. The van der Waals surface area contributed by atoms with Gasteiger partial charge in [0.1, 0.15) is 5.75 Å². The number of benzene rings is 1. The van der Waals surface area contributed by atoms with Gasteiger partial charge >= 0.3 is 6.36 Å². The quantitative estimate of drug-likeness (QED) is 0.923. The van der Waals surface area contributed by atoms with Gasteiger partial charge in [-0.25, -0.2) is 0 Å². The van der Waals surface area contributed by atoms with Crippen LogP contribution in [0.3, 0.4) is 0 Å². The zero-order valence-electron chi connectivity index (χ0n) is 9.64. The lowest BCUT2D eigenvalue weighted by atomic mass is 10.2. The summed E-state index contributed by atoms with van der Waals surface area (Å²) >= 11 is 2.93. The highest BCUT2D eigenvalue weighted by molar-refractivity contribution is 9.10. The maximum absolute atomic E-state index is 12.1. The third-order valence-corrected chi connectivity index (χ3v) is 2.49. The molecule has 3 nitrogen and oxygen atoms in total. The number of carbonyl (C=O) groups is 1. The molecule has 0 aliphatic rings. The van der Waals surface area contributed by atoms with Crippen molar-refractivity contribution in [3.63, 3.8) is 0 Å². The Hall–Kier alpha value is -1.24. The Morgan fingerprint density at radius 3 is 2.50 bits per heavy atom. The van der Waals surface area contributed by atoms with Crippen molar-refractivity contribution < 1.29 is 22.7 Å². The number of alkyl halides is 3. The summed E-state index contributed by atoms with van der Waals surface area (Å²) in [6.45, 7) is 3.51. The largest absolute Gasteiger partial charge is 0.573 e. The topological polar surface area (TPSA) is 38.3 Å². The molecule has 0 fully saturated rings. The van der Waals surface area contributed by atoms with Crippen LogP contribution in [0.1, 0.15) is 24.2 Å². The molecule has 1 amide bonds. The SMILES string of the molecule is CC(C)NC(=O)c1ccc(Br)c(OC(F)(F)F)c1. The number of carbonyl (C=O) groups excluding carboxylic acids is 1. The fourth-order valence-electron chi connectivity index (χ4n) is 1.19. The van der Waals surface area contributed by atoms with E-state index >= 15 is 0 Å². The number of rotatable bonds is 3. The molecule has 0 unspecified atom stereocenters. The van der Waals surface area contributed by atoms with E-state index in [0.29, 0.717) is 0 Å². The van der Waals surface area contributed by atoms with Crippen LogP contribution in [0, 0.1) is 0 Å². The fourth-order valence-corrected chi connectivity index (χ4v) is 1.52. The van der Waals surface area contributed by atoms with Crippen molar-refractivity contribution in [2.45, 2.75) is 26.3 Å². The van der Waals surface area contributed by atoms with Crippen LogP contribution in [0.25, 0.3) is 0 Å². The third kappa shape index (κ3) is 4.56. The van der Waals surface area contributed by atoms with Crippen molar-refractivity contribution in [1.82, 2.24) is 5.32 Å². The normalized spacial score (nSPS) is 11.5. The van der Waals surface area contributed by atoms with Gasteiger partial charge < -0.3 is 10.1 Å². The first-order valence-electron chi connectivity index (χ1n) is 5.05. The van der Waals surface area contributed by atoms with E-state index in [1.165, 1.54) is 12.1 Å². The van der Waals surface area contributed by atoms with Gasteiger partial charge in [0.2, 0.25) is 0 Å².